The quantitative estimate of drug-likeness (QED) is 0.442. The fourth-order valence-corrected chi connectivity index (χ4v) is 0.302. The van der Waals surface area contributed by atoms with Crippen molar-refractivity contribution in [3.05, 3.63) is 12.3 Å². The summed E-state index contributed by atoms with van der Waals surface area (Å²) in [5, 5.41) is 1.26. The molecule has 0 amide bonds. The maximum atomic E-state index is 6.90. The highest BCUT2D eigenvalue weighted by atomic mass is 15.0. The fourth-order valence-electron chi connectivity index (χ4n) is 0.302. The highest BCUT2D eigenvalue weighted by molar-refractivity contribution is 5.71. The Morgan fingerprint density at radius 2 is 3.00 bits per heavy atom. The Morgan fingerprint density at radius 3 is 3.33 bits per heavy atom. The van der Waals surface area contributed by atoms with Crippen molar-refractivity contribution in [3.63, 3.8) is 0 Å². The summed E-state index contributed by atoms with van der Waals surface area (Å²) in [5.41, 5.74) is 0. The molecule has 0 bridgehead atoms. The first-order valence-corrected chi connectivity index (χ1v) is 1.82. The van der Waals surface area contributed by atoms with Gasteiger partial charge in [0.05, 0.1) is 0 Å². The van der Waals surface area contributed by atoms with Gasteiger partial charge in [-0.3, -0.25) is 4.99 Å². The van der Waals surface area contributed by atoms with E-state index in [0.717, 1.165) is 0 Å². The SMILES string of the molecule is [2H]N1C=CC=NC1. The Bertz CT molecular complexity index is 108. The van der Waals surface area contributed by atoms with Crippen molar-refractivity contribution < 1.29 is 1.41 Å². The molecule has 0 atom stereocenters. The number of rotatable bonds is 0. The van der Waals surface area contributed by atoms with E-state index in [2.05, 4.69) is 4.99 Å². The maximum absolute atomic E-state index is 6.90. The highest BCUT2D eigenvalue weighted by Gasteiger charge is 1.73. The van der Waals surface area contributed by atoms with Crippen LogP contribution in [0.5, 0.6) is 0 Å². The first kappa shape index (κ1) is 2.39. The van der Waals surface area contributed by atoms with Crippen LogP contribution in [-0.4, -0.2) is 12.9 Å². The van der Waals surface area contributed by atoms with Gasteiger partial charge < -0.3 is 5.31 Å². The first-order valence-electron chi connectivity index (χ1n) is 2.26. The molecule has 1 aliphatic rings. The van der Waals surface area contributed by atoms with Crippen LogP contribution in [-0.2, 0) is 0 Å². The first-order chi connectivity index (χ1) is 3.39. The van der Waals surface area contributed by atoms with Crippen LogP contribution in [0, 0.1) is 0 Å². The van der Waals surface area contributed by atoms with E-state index < -0.39 is 0 Å². The largest absolute Gasteiger partial charge is 0.372 e. The van der Waals surface area contributed by atoms with Crippen LogP contribution in [0.2, 0.25) is 1.41 Å². The molecule has 0 saturated carbocycles. The molecule has 6 heavy (non-hydrogen) atoms. The molecule has 1 N–H and O–H groups in total. The monoisotopic (exact) mass is 83.1 g/mol. The van der Waals surface area contributed by atoms with Crippen molar-refractivity contribution >= 4 is 6.21 Å². The number of hydrogen-bond donors (Lipinski definition) is 1. The van der Waals surface area contributed by atoms with Gasteiger partial charge in [-0.25, -0.2) is 0 Å². The molecule has 0 saturated heterocycles. The second-order valence-corrected chi connectivity index (χ2v) is 0.997. The molecular formula is C4H6N2. The number of nitrogens with zero attached hydrogens (tertiary/aromatic N) is 1. The summed E-state index contributed by atoms with van der Waals surface area (Å²) in [5.74, 6) is 0. The lowest BCUT2D eigenvalue weighted by atomic mass is 10.6. The van der Waals surface area contributed by atoms with Gasteiger partial charge in [-0.2, -0.15) is 0 Å². The van der Waals surface area contributed by atoms with Gasteiger partial charge in [-0.05, 0) is 12.3 Å². The summed E-state index contributed by atoms with van der Waals surface area (Å²) in [6, 6.07) is 0. The van der Waals surface area contributed by atoms with E-state index in [9.17, 15) is 0 Å². The lowest BCUT2D eigenvalue weighted by Gasteiger charge is -1.94. The highest BCUT2D eigenvalue weighted by Crippen LogP contribution is 1.71. The van der Waals surface area contributed by atoms with E-state index in [1.165, 1.54) is 5.31 Å². The normalized spacial score (nSPS) is 21.3. The maximum Gasteiger partial charge on any atom is 0.161 e. The minimum Gasteiger partial charge on any atom is -0.372 e. The van der Waals surface area contributed by atoms with E-state index in [1.54, 1.807) is 18.5 Å². The Labute approximate surface area is 38.0 Å². The van der Waals surface area contributed by atoms with Gasteiger partial charge in [0, 0.05) is 6.21 Å². The van der Waals surface area contributed by atoms with E-state index in [0.29, 0.717) is 6.67 Å². The molecule has 0 spiro atoms. The molecule has 0 aliphatic carbocycles. The standard InChI is InChI=1S/C4H6N2/c1-2-5-4-6-3-1/h1-3,5H,4H2/i/hD. The topological polar surface area (TPSA) is 24.4 Å². The van der Waals surface area contributed by atoms with Crippen LogP contribution in [0.4, 0.5) is 0 Å². The molecule has 32 valence electrons. The Morgan fingerprint density at radius 1 is 2.00 bits per heavy atom. The van der Waals surface area contributed by atoms with Crippen LogP contribution in [0.15, 0.2) is 17.3 Å². The van der Waals surface area contributed by atoms with Crippen LogP contribution in [0.3, 0.4) is 0 Å². The van der Waals surface area contributed by atoms with Crippen molar-refractivity contribution in [3.8, 4) is 0 Å². The third kappa shape index (κ3) is 0.578. The van der Waals surface area contributed by atoms with Gasteiger partial charge in [0.1, 0.15) is 6.67 Å². The zero-order chi connectivity index (χ0) is 5.11. The molecule has 0 unspecified atom stereocenters. The molecule has 0 fully saturated rings. The summed E-state index contributed by atoms with van der Waals surface area (Å²) >= 11 is 0. The summed E-state index contributed by atoms with van der Waals surface area (Å²) in [6.45, 7) is 0.469. The molecule has 0 aromatic carbocycles. The van der Waals surface area contributed by atoms with Crippen LogP contribution in [0.1, 0.15) is 0 Å². The average Bonchev–Trinajstić information content (AvgIpc) is 1.69. The third-order valence-corrected chi connectivity index (χ3v) is 0.546. The smallest absolute Gasteiger partial charge is 0.161 e. The van der Waals surface area contributed by atoms with Crippen molar-refractivity contribution in [2.24, 2.45) is 4.99 Å². The van der Waals surface area contributed by atoms with Crippen molar-refractivity contribution in [1.29, 1.82) is 0 Å². The Balaban J connectivity index is 2.49. The summed E-state index contributed by atoms with van der Waals surface area (Å²) < 4.78 is 6.90. The molecule has 2 nitrogen and oxygen atoms in total. The van der Waals surface area contributed by atoms with Crippen molar-refractivity contribution in [2.75, 3.05) is 6.67 Å². The minimum absolute atomic E-state index is 0.469. The molecule has 0 aromatic heterocycles. The molecule has 1 rings (SSSR count). The summed E-state index contributed by atoms with van der Waals surface area (Å²) in [6.07, 6.45) is 5.08. The van der Waals surface area contributed by atoms with Crippen LogP contribution in [0.25, 0.3) is 0 Å². The van der Waals surface area contributed by atoms with Gasteiger partial charge in [0.25, 0.3) is 0 Å². The molecular weight excluding hydrogens is 76.1 g/mol. The van der Waals surface area contributed by atoms with Crippen molar-refractivity contribution in [2.45, 2.75) is 0 Å². The summed E-state index contributed by atoms with van der Waals surface area (Å²) in [4.78, 5) is 3.78. The number of hydrogen-bond acceptors (Lipinski definition) is 2. The predicted octanol–water partition coefficient (Wildman–Crippen LogP) is 0.132. The predicted molar refractivity (Wildman–Crippen MR) is 25.6 cm³/mol. The van der Waals surface area contributed by atoms with E-state index >= 15 is 0 Å². The van der Waals surface area contributed by atoms with E-state index in [1.807, 2.05) is 0 Å². The van der Waals surface area contributed by atoms with Gasteiger partial charge in [0.15, 0.2) is 1.41 Å². The number of aliphatic imine (C=N–C) groups is 1. The number of allylic oxidation sites excluding steroid dienone is 1. The van der Waals surface area contributed by atoms with Crippen molar-refractivity contribution in [1.82, 2.24) is 5.31 Å². The van der Waals surface area contributed by atoms with Gasteiger partial charge >= 0.3 is 0 Å². The number of nitrogens with one attached hydrogen (secondary N) is 1. The average molecular weight is 83.1 g/mol. The second-order valence-electron chi connectivity index (χ2n) is 0.997. The minimum atomic E-state index is 0.469. The fraction of sp³-hybridized carbons (Fsp3) is 0.250. The van der Waals surface area contributed by atoms with Crippen LogP contribution < -0.4 is 5.31 Å². The molecule has 0 radical (unpaired) electrons. The van der Waals surface area contributed by atoms with Gasteiger partial charge in [-0.1, -0.05) is 0 Å². The summed E-state index contributed by atoms with van der Waals surface area (Å²) in [7, 11) is 0. The zero-order valence-corrected chi connectivity index (χ0v) is 3.33. The molecule has 2 heteroatoms. The Kier molecular flexibility index (Phi) is 0.638. The lowest BCUT2D eigenvalue weighted by molar-refractivity contribution is 0.879. The molecule has 0 aromatic rings. The zero-order valence-electron chi connectivity index (χ0n) is 4.33. The van der Waals surface area contributed by atoms with Crippen LogP contribution >= 0.6 is 0 Å². The van der Waals surface area contributed by atoms with E-state index in [-0.39, 0.29) is 0 Å². The van der Waals surface area contributed by atoms with Gasteiger partial charge in [-0.15, -0.1) is 0 Å². The van der Waals surface area contributed by atoms with Gasteiger partial charge in [0.2, 0.25) is 0 Å². The molecule has 1 heterocycles. The second kappa shape index (κ2) is 1.60. The lowest BCUT2D eigenvalue weighted by Crippen LogP contribution is -2.06. The molecule has 1 aliphatic heterocycles. The van der Waals surface area contributed by atoms with E-state index in [4.69, 9.17) is 1.41 Å². The Hall–Kier alpha value is -0.790. The third-order valence-electron chi connectivity index (χ3n) is 0.546.